The Morgan fingerprint density at radius 1 is 1.00 bits per heavy atom. The van der Waals surface area contributed by atoms with Crippen molar-refractivity contribution in [3.63, 3.8) is 0 Å². The zero-order valence-corrected chi connectivity index (χ0v) is 16.5. The minimum absolute atomic E-state index is 0.189. The van der Waals surface area contributed by atoms with Gasteiger partial charge in [0.05, 0.1) is 15.9 Å². The molecule has 0 aliphatic heterocycles. The summed E-state index contributed by atoms with van der Waals surface area (Å²) in [6.07, 6.45) is 0. The lowest BCUT2D eigenvalue weighted by atomic mass is 9.95. The molecule has 0 radical (unpaired) electrons. The molecule has 2 rings (SSSR count). The predicted octanol–water partition coefficient (Wildman–Crippen LogP) is 3.51. The van der Waals surface area contributed by atoms with Gasteiger partial charge in [-0.25, -0.2) is 0 Å². The van der Waals surface area contributed by atoms with E-state index < -0.39 is 39.2 Å². The van der Waals surface area contributed by atoms with E-state index in [9.17, 15) is 29.8 Å². The van der Waals surface area contributed by atoms with Crippen LogP contribution in [0.15, 0.2) is 42.5 Å². The van der Waals surface area contributed by atoms with Crippen molar-refractivity contribution in [2.24, 2.45) is 5.41 Å². The number of hydrogen-bond donors (Lipinski definition) is 2. The highest BCUT2D eigenvalue weighted by Crippen LogP contribution is 2.29. The third-order valence-electron chi connectivity index (χ3n) is 3.81. The van der Waals surface area contributed by atoms with Crippen molar-refractivity contribution in [3.8, 4) is 5.75 Å². The second-order valence-corrected chi connectivity index (χ2v) is 7.28. The van der Waals surface area contributed by atoms with Gasteiger partial charge in [0.2, 0.25) is 5.91 Å². The molecule has 0 aromatic heterocycles. The van der Waals surface area contributed by atoms with Gasteiger partial charge in [-0.3, -0.25) is 29.8 Å². The first kappa shape index (κ1) is 22.3. The van der Waals surface area contributed by atoms with Gasteiger partial charge in [-0.15, -0.1) is 0 Å². The summed E-state index contributed by atoms with van der Waals surface area (Å²) in [7, 11) is 0. The summed E-state index contributed by atoms with van der Waals surface area (Å²) < 4.78 is 5.37. The molecular formula is C19H20N4O7. The largest absolute Gasteiger partial charge is 0.484 e. The van der Waals surface area contributed by atoms with E-state index in [0.717, 1.165) is 18.2 Å². The van der Waals surface area contributed by atoms with Crippen LogP contribution in [0.1, 0.15) is 20.8 Å². The maximum absolute atomic E-state index is 12.1. The quantitative estimate of drug-likeness (QED) is 0.517. The van der Waals surface area contributed by atoms with Gasteiger partial charge in [-0.2, -0.15) is 0 Å². The number of non-ortho nitro benzene ring substituents is 1. The fourth-order valence-electron chi connectivity index (χ4n) is 2.21. The zero-order valence-electron chi connectivity index (χ0n) is 16.5. The van der Waals surface area contributed by atoms with E-state index >= 15 is 0 Å². The third-order valence-corrected chi connectivity index (χ3v) is 3.81. The lowest BCUT2D eigenvalue weighted by molar-refractivity contribution is -0.393. The topological polar surface area (TPSA) is 154 Å². The lowest BCUT2D eigenvalue weighted by Crippen LogP contribution is -2.27. The van der Waals surface area contributed by atoms with E-state index in [1.54, 1.807) is 39.0 Å². The molecule has 11 nitrogen and oxygen atoms in total. The van der Waals surface area contributed by atoms with E-state index in [1.807, 2.05) is 0 Å². The molecule has 11 heteroatoms. The normalized spacial score (nSPS) is 10.8. The molecular weight excluding hydrogens is 396 g/mol. The molecule has 0 fully saturated rings. The minimum atomic E-state index is -0.829. The number of anilines is 2. The number of ether oxygens (including phenoxy) is 1. The van der Waals surface area contributed by atoms with E-state index in [4.69, 9.17) is 4.74 Å². The molecule has 0 atom stereocenters. The van der Waals surface area contributed by atoms with Crippen LogP contribution in [0.4, 0.5) is 22.7 Å². The first-order valence-corrected chi connectivity index (χ1v) is 8.74. The van der Waals surface area contributed by atoms with Gasteiger partial charge in [-0.1, -0.05) is 26.8 Å². The number of nitrogens with one attached hydrogen (secondary N) is 2. The number of nitrogens with zero attached hydrogens (tertiary/aromatic N) is 2. The number of carbonyl (C=O) groups is 2. The number of nitro groups is 2. The Labute approximate surface area is 171 Å². The van der Waals surface area contributed by atoms with Gasteiger partial charge >= 0.3 is 0 Å². The first-order valence-electron chi connectivity index (χ1n) is 8.74. The van der Waals surface area contributed by atoms with Gasteiger partial charge in [0.1, 0.15) is 11.4 Å². The van der Waals surface area contributed by atoms with Crippen molar-refractivity contribution in [2.45, 2.75) is 20.8 Å². The zero-order chi connectivity index (χ0) is 22.5. The van der Waals surface area contributed by atoms with Gasteiger partial charge in [-0.05, 0) is 18.2 Å². The minimum Gasteiger partial charge on any atom is -0.484 e. The molecule has 0 aliphatic rings. The highest BCUT2D eigenvalue weighted by molar-refractivity contribution is 5.95. The Kier molecular flexibility index (Phi) is 6.67. The SMILES string of the molecule is CC(C)(C)C(=O)Nc1cccc(OCC(=O)Nc2ccc([N+](=O)[O-])cc2[N+](=O)[O-])c1. The Morgan fingerprint density at radius 2 is 1.70 bits per heavy atom. The van der Waals surface area contributed by atoms with E-state index in [0.29, 0.717) is 11.4 Å². The Bertz CT molecular complexity index is 999. The van der Waals surface area contributed by atoms with Gasteiger partial charge < -0.3 is 15.4 Å². The molecule has 0 saturated heterocycles. The van der Waals surface area contributed by atoms with Crippen LogP contribution in [0.2, 0.25) is 0 Å². The van der Waals surface area contributed by atoms with Crippen molar-refractivity contribution in [1.29, 1.82) is 0 Å². The monoisotopic (exact) mass is 416 g/mol. The maximum Gasteiger partial charge on any atom is 0.299 e. The first-order chi connectivity index (χ1) is 14.0. The maximum atomic E-state index is 12.1. The average molecular weight is 416 g/mol. The van der Waals surface area contributed by atoms with Crippen molar-refractivity contribution in [1.82, 2.24) is 0 Å². The van der Waals surface area contributed by atoms with Gasteiger partial charge in [0.25, 0.3) is 17.3 Å². The fraction of sp³-hybridized carbons (Fsp3) is 0.263. The number of nitro benzene ring substituents is 2. The number of rotatable bonds is 7. The third kappa shape index (κ3) is 5.99. The summed E-state index contributed by atoms with van der Waals surface area (Å²) >= 11 is 0. The van der Waals surface area contributed by atoms with Crippen LogP contribution in [0.25, 0.3) is 0 Å². The molecule has 0 saturated carbocycles. The highest BCUT2D eigenvalue weighted by atomic mass is 16.6. The molecule has 0 unspecified atom stereocenters. The van der Waals surface area contributed by atoms with Crippen LogP contribution in [-0.2, 0) is 9.59 Å². The molecule has 2 aromatic rings. The van der Waals surface area contributed by atoms with Gasteiger partial charge in [0, 0.05) is 23.2 Å². The molecule has 0 spiro atoms. The Hall–Kier alpha value is -4.02. The molecule has 2 N–H and O–H groups in total. The summed E-state index contributed by atoms with van der Waals surface area (Å²) in [6, 6.07) is 9.29. The fourth-order valence-corrected chi connectivity index (χ4v) is 2.21. The summed E-state index contributed by atoms with van der Waals surface area (Å²) in [6.45, 7) is 4.84. The summed E-state index contributed by atoms with van der Waals surface area (Å²) in [4.78, 5) is 44.5. The summed E-state index contributed by atoms with van der Waals surface area (Å²) in [5.41, 5.74) is -1.37. The van der Waals surface area contributed by atoms with Crippen molar-refractivity contribution < 1.29 is 24.2 Å². The summed E-state index contributed by atoms with van der Waals surface area (Å²) in [5.74, 6) is -0.589. The van der Waals surface area contributed by atoms with E-state index in [1.165, 1.54) is 6.07 Å². The number of carbonyl (C=O) groups excluding carboxylic acids is 2. The van der Waals surface area contributed by atoms with Crippen LogP contribution < -0.4 is 15.4 Å². The smallest absolute Gasteiger partial charge is 0.299 e. The molecule has 2 amide bonds. The second kappa shape index (κ2) is 8.99. The second-order valence-electron chi connectivity index (χ2n) is 7.28. The van der Waals surface area contributed by atoms with E-state index in [2.05, 4.69) is 10.6 Å². The van der Waals surface area contributed by atoms with Crippen molar-refractivity contribution in [2.75, 3.05) is 17.2 Å². The molecule has 2 aromatic carbocycles. The van der Waals surface area contributed by atoms with Crippen LogP contribution >= 0.6 is 0 Å². The molecule has 0 heterocycles. The van der Waals surface area contributed by atoms with Crippen LogP contribution in [-0.4, -0.2) is 28.3 Å². The number of hydrogen-bond acceptors (Lipinski definition) is 7. The molecule has 0 aliphatic carbocycles. The van der Waals surface area contributed by atoms with Crippen LogP contribution in [0.3, 0.4) is 0 Å². The Morgan fingerprint density at radius 3 is 2.30 bits per heavy atom. The van der Waals surface area contributed by atoms with Gasteiger partial charge in [0.15, 0.2) is 6.61 Å². The highest BCUT2D eigenvalue weighted by Gasteiger charge is 2.22. The predicted molar refractivity (Wildman–Crippen MR) is 108 cm³/mol. The van der Waals surface area contributed by atoms with Crippen molar-refractivity contribution >= 4 is 34.6 Å². The lowest BCUT2D eigenvalue weighted by Gasteiger charge is -2.18. The molecule has 158 valence electrons. The van der Waals surface area contributed by atoms with Crippen molar-refractivity contribution in [3.05, 3.63) is 62.7 Å². The van der Waals surface area contributed by atoms with Crippen LogP contribution in [0.5, 0.6) is 5.75 Å². The average Bonchev–Trinajstić information content (AvgIpc) is 2.66. The Balaban J connectivity index is 2.03. The number of benzene rings is 2. The number of amides is 2. The molecule has 30 heavy (non-hydrogen) atoms. The van der Waals surface area contributed by atoms with E-state index in [-0.39, 0.29) is 11.6 Å². The standard InChI is InChI=1S/C19H20N4O7/c1-19(2,3)18(25)20-12-5-4-6-14(9-12)30-11-17(24)21-15-8-7-13(22(26)27)10-16(15)23(28)29/h4-10H,11H2,1-3H3,(H,20,25)(H,21,24). The molecule has 0 bridgehead atoms. The summed E-state index contributed by atoms with van der Waals surface area (Å²) in [5, 5.41) is 26.9. The van der Waals surface area contributed by atoms with Crippen LogP contribution in [0, 0.1) is 25.6 Å².